The van der Waals surface area contributed by atoms with Crippen LogP contribution in [-0.2, 0) is 15.8 Å². The summed E-state index contributed by atoms with van der Waals surface area (Å²) in [6.07, 6.45) is -4.56. The highest BCUT2D eigenvalue weighted by Gasteiger charge is 2.31. The number of amides is 1. The molecule has 1 aromatic carbocycles. The van der Waals surface area contributed by atoms with Gasteiger partial charge in [-0.1, -0.05) is 11.6 Å². The zero-order chi connectivity index (χ0) is 17.1. The first kappa shape index (κ1) is 21.5. The second kappa shape index (κ2) is 8.37. The van der Waals surface area contributed by atoms with Crippen LogP contribution >= 0.6 is 24.0 Å². The van der Waals surface area contributed by atoms with Crippen molar-refractivity contribution in [2.45, 2.75) is 19.1 Å². The first-order valence-corrected chi connectivity index (χ1v) is 6.50. The monoisotopic (exact) mass is 374 g/mol. The molecular weight excluding hydrogens is 360 g/mol. The van der Waals surface area contributed by atoms with Gasteiger partial charge in [0.15, 0.2) is 0 Å². The molecule has 0 radical (unpaired) electrons. The molecule has 1 rings (SSSR count). The number of nitrogens with zero attached hydrogens (tertiary/aromatic N) is 1. The minimum Gasteiger partial charge on any atom is -0.480 e. The second-order valence-electron chi connectivity index (χ2n) is 4.67. The van der Waals surface area contributed by atoms with Crippen molar-refractivity contribution in [2.24, 2.45) is 0 Å². The number of hydrogen-bond acceptors (Lipinski definition) is 3. The van der Waals surface area contributed by atoms with Gasteiger partial charge in [-0.05, 0) is 32.2 Å². The molecule has 1 amide bonds. The lowest BCUT2D eigenvalue weighted by Crippen LogP contribution is -2.40. The van der Waals surface area contributed by atoms with Gasteiger partial charge in [-0.2, -0.15) is 13.2 Å². The normalized spacial score (nSPS) is 12.5. The van der Waals surface area contributed by atoms with E-state index in [4.69, 9.17) is 16.7 Å². The molecule has 130 valence electrons. The fourth-order valence-electron chi connectivity index (χ4n) is 1.54. The summed E-state index contributed by atoms with van der Waals surface area (Å²) >= 11 is 5.75. The van der Waals surface area contributed by atoms with Crippen molar-refractivity contribution in [3.8, 4) is 0 Å². The van der Waals surface area contributed by atoms with Crippen molar-refractivity contribution in [2.75, 3.05) is 18.9 Å². The molecule has 0 aliphatic rings. The van der Waals surface area contributed by atoms with Crippen molar-refractivity contribution < 1.29 is 27.9 Å². The van der Waals surface area contributed by atoms with Gasteiger partial charge in [0.2, 0.25) is 5.91 Å². The van der Waals surface area contributed by atoms with E-state index in [2.05, 4.69) is 5.32 Å². The van der Waals surface area contributed by atoms with E-state index >= 15 is 0 Å². The first-order valence-electron chi connectivity index (χ1n) is 6.12. The summed E-state index contributed by atoms with van der Waals surface area (Å²) in [5.41, 5.74) is -1.13. The summed E-state index contributed by atoms with van der Waals surface area (Å²) in [4.78, 5) is 23.8. The number of carbonyl (C=O) groups excluding carboxylic acids is 1. The van der Waals surface area contributed by atoms with E-state index in [1.54, 1.807) is 0 Å². The zero-order valence-corrected chi connectivity index (χ0v) is 13.7. The Hall–Kier alpha value is -1.51. The third kappa shape index (κ3) is 6.25. The molecule has 0 saturated carbocycles. The molecule has 0 bridgehead atoms. The number of halogens is 5. The number of anilines is 1. The van der Waals surface area contributed by atoms with Crippen LogP contribution in [0.1, 0.15) is 12.5 Å². The Labute approximate surface area is 141 Å². The van der Waals surface area contributed by atoms with Crippen LogP contribution in [0.4, 0.5) is 18.9 Å². The zero-order valence-electron chi connectivity index (χ0n) is 12.1. The number of nitrogens with one attached hydrogen (secondary N) is 1. The lowest BCUT2D eigenvalue weighted by Gasteiger charge is -2.20. The number of carboxylic acids is 1. The Balaban J connectivity index is 0.00000484. The highest BCUT2D eigenvalue weighted by atomic mass is 35.5. The van der Waals surface area contributed by atoms with Crippen LogP contribution in [0, 0.1) is 0 Å². The van der Waals surface area contributed by atoms with Gasteiger partial charge in [0.1, 0.15) is 6.04 Å². The average Bonchev–Trinajstić information content (AvgIpc) is 2.38. The summed E-state index contributed by atoms with van der Waals surface area (Å²) in [5, 5.41) is 11.0. The van der Waals surface area contributed by atoms with E-state index in [0.717, 1.165) is 18.2 Å². The van der Waals surface area contributed by atoms with E-state index in [9.17, 15) is 22.8 Å². The Bertz CT molecular complexity index is 582. The summed E-state index contributed by atoms with van der Waals surface area (Å²) in [6, 6.07) is 1.64. The number of alkyl halides is 3. The number of rotatable bonds is 5. The van der Waals surface area contributed by atoms with Gasteiger partial charge in [0, 0.05) is 0 Å². The van der Waals surface area contributed by atoms with Crippen molar-refractivity contribution >= 4 is 41.6 Å². The summed E-state index contributed by atoms with van der Waals surface area (Å²) < 4.78 is 37.8. The number of likely N-dealkylation sites (N-methyl/N-ethyl adjacent to an activating group) is 1. The van der Waals surface area contributed by atoms with Crippen LogP contribution in [0.25, 0.3) is 0 Å². The van der Waals surface area contributed by atoms with Crippen LogP contribution in [0.2, 0.25) is 5.02 Å². The van der Waals surface area contributed by atoms with Gasteiger partial charge >= 0.3 is 12.1 Å². The molecule has 23 heavy (non-hydrogen) atoms. The maximum Gasteiger partial charge on any atom is 0.416 e. The average molecular weight is 375 g/mol. The Kier molecular flexibility index (Phi) is 7.82. The Morgan fingerprint density at radius 1 is 1.39 bits per heavy atom. The number of aliphatic carboxylic acids is 1. The topological polar surface area (TPSA) is 69.6 Å². The first-order chi connectivity index (χ1) is 10.0. The second-order valence-corrected chi connectivity index (χ2v) is 5.08. The quantitative estimate of drug-likeness (QED) is 0.830. The molecule has 0 spiro atoms. The summed E-state index contributed by atoms with van der Waals surface area (Å²) in [6.45, 7) is 1.08. The molecule has 10 heteroatoms. The molecule has 2 N–H and O–H groups in total. The Morgan fingerprint density at radius 3 is 2.43 bits per heavy atom. The summed E-state index contributed by atoms with van der Waals surface area (Å²) in [7, 11) is 1.41. The molecule has 0 saturated heterocycles. The fraction of sp³-hybridized carbons (Fsp3) is 0.385. The standard InChI is InChI=1S/C13H14ClF3N2O3.ClH/c1-7(12(21)22)19(2)6-11(20)18-10-5-8(13(15,16)17)3-4-9(10)14;/h3-5,7H,6H2,1-2H3,(H,18,20)(H,21,22);1H. The molecular formula is C13H15Cl2F3N2O3. The van der Waals surface area contributed by atoms with E-state index in [0.29, 0.717) is 0 Å². The number of carbonyl (C=O) groups is 2. The molecule has 0 heterocycles. The van der Waals surface area contributed by atoms with Gasteiger partial charge in [-0.15, -0.1) is 12.4 Å². The van der Waals surface area contributed by atoms with Gasteiger partial charge < -0.3 is 10.4 Å². The number of carboxylic acid groups (broad SMARTS) is 1. The van der Waals surface area contributed by atoms with Gasteiger partial charge in [-0.25, -0.2) is 0 Å². The van der Waals surface area contributed by atoms with Crippen LogP contribution < -0.4 is 5.32 Å². The summed E-state index contributed by atoms with van der Waals surface area (Å²) in [5.74, 6) is -1.79. The SMILES string of the molecule is CC(C(=O)O)N(C)CC(=O)Nc1cc(C(F)(F)F)ccc1Cl.Cl. The largest absolute Gasteiger partial charge is 0.480 e. The molecule has 0 aromatic heterocycles. The maximum absolute atomic E-state index is 12.6. The molecule has 1 unspecified atom stereocenters. The van der Waals surface area contributed by atoms with Crippen LogP contribution in [0.5, 0.6) is 0 Å². The molecule has 1 aromatic rings. The van der Waals surface area contributed by atoms with Crippen LogP contribution in [0.3, 0.4) is 0 Å². The predicted molar refractivity (Wildman–Crippen MR) is 82.1 cm³/mol. The lowest BCUT2D eigenvalue weighted by atomic mass is 10.2. The van der Waals surface area contributed by atoms with Crippen LogP contribution in [0.15, 0.2) is 18.2 Å². The molecule has 5 nitrogen and oxygen atoms in total. The molecule has 0 fully saturated rings. The number of benzene rings is 1. The van der Waals surface area contributed by atoms with Crippen molar-refractivity contribution in [3.05, 3.63) is 28.8 Å². The minimum absolute atomic E-state index is 0. The van der Waals surface area contributed by atoms with Crippen molar-refractivity contribution in [3.63, 3.8) is 0 Å². The number of hydrogen-bond donors (Lipinski definition) is 2. The van der Waals surface area contributed by atoms with Crippen LogP contribution in [-0.4, -0.2) is 41.5 Å². The van der Waals surface area contributed by atoms with Gasteiger partial charge in [0.25, 0.3) is 0 Å². The van der Waals surface area contributed by atoms with Crippen molar-refractivity contribution in [1.82, 2.24) is 4.90 Å². The van der Waals surface area contributed by atoms with E-state index in [-0.39, 0.29) is 29.7 Å². The highest BCUT2D eigenvalue weighted by Crippen LogP contribution is 2.33. The minimum atomic E-state index is -4.56. The van der Waals surface area contributed by atoms with E-state index in [1.165, 1.54) is 18.9 Å². The molecule has 0 aliphatic heterocycles. The third-order valence-corrected chi connectivity index (χ3v) is 3.31. The van der Waals surface area contributed by atoms with E-state index < -0.39 is 29.7 Å². The third-order valence-electron chi connectivity index (χ3n) is 2.98. The lowest BCUT2D eigenvalue weighted by molar-refractivity contribution is -0.142. The van der Waals surface area contributed by atoms with Crippen molar-refractivity contribution in [1.29, 1.82) is 0 Å². The molecule has 0 aliphatic carbocycles. The Morgan fingerprint density at radius 2 is 1.96 bits per heavy atom. The molecule has 1 atom stereocenters. The smallest absolute Gasteiger partial charge is 0.416 e. The fourth-order valence-corrected chi connectivity index (χ4v) is 1.70. The maximum atomic E-state index is 12.6. The van der Waals surface area contributed by atoms with Gasteiger partial charge in [-0.3, -0.25) is 14.5 Å². The predicted octanol–water partition coefficient (Wildman–Crippen LogP) is 3.12. The van der Waals surface area contributed by atoms with Gasteiger partial charge in [0.05, 0.1) is 22.8 Å². The van der Waals surface area contributed by atoms with E-state index in [1.807, 2.05) is 0 Å². The highest BCUT2D eigenvalue weighted by molar-refractivity contribution is 6.33.